The van der Waals surface area contributed by atoms with Gasteiger partial charge in [-0.1, -0.05) is 24.1 Å². The van der Waals surface area contributed by atoms with Crippen molar-refractivity contribution in [2.24, 2.45) is 12.3 Å². The van der Waals surface area contributed by atoms with Crippen molar-refractivity contribution in [3.05, 3.63) is 61.5 Å². The topological polar surface area (TPSA) is 124 Å². The van der Waals surface area contributed by atoms with Crippen LogP contribution in [0, 0.1) is 23.7 Å². The lowest BCUT2D eigenvalue weighted by atomic mass is 10.1. The lowest BCUT2D eigenvalue weighted by Crippen LogP contribution is -2.45. The molecule has 38 heavy (non-hydrogen) atoms. The Kier molecular flexibility index (Phi) is 6.67. The molecule has 12 heteroatoms. The zero-order valence-corrected chi connectivity index (χ0v) is 21.9. The molecule has 0 saturated carbocycles. The molecule has 1 aliphatic heterocycles. The van der Waals surface area contributed by atoms with Crippen molar-refractivity contribution in [1.29, 1.82) is 0 Å². The Bertz CT molecular complexity index is 1720. The number of likely N-dealkylation sites (N-methyl/N-ethyl adjacent to an activating group) is 1. The van der Waals surface area contributed by atoms with Gasteiger partial charge in [0, 0.05) is 38.3 Å². The maximum atomic E-state index is 13.9. The van der Waals surface area contributed by atoms with Gasteiger partial charge >= 0.3 is 5.69 Å². The van der Waals surface area contributed by atoms with Crippen molar-refractivity contribution in [3.8, 4) is 11.8 Å². The number of aromatic nitrogens is 6. The molecule has 1 atom stereocenters. The largest absolute Gasteiger partial charge is 0.340 e. The molecule has 4 heterocycles. The number of hydrogen-bond acceptors (Lipinski definition) is 8. The number of aryl methyl sites for hydroxylation is 2. The third kappa shape index (κ3) is 4.30. The number of nitroso groups, excluding NO2 is 1. The third-order valence-electron chi connectivity index (χ3n) is 7.10. The number of imidazole rings is 1. The molecular weight excluding hydrogens is 486 g/mol. The zero-order valence-electron chi connectivity index (χ0n) is 21.9. The van der Waals surface area contributed by atoms with Crippen molar-refractivity contribution in [1.82, 2.24) is 33.7 Å². The molecule has 3 aromatic heterocycles. The van der Waals surface area contributed by atoms with Crippen molar-refractivity contribution >= 4 is 28.0 Å². The molecule has 0 unspecified atom stereocenters. The first kappa shape index (κ1) is 25.1. The van der Waals surface area contributed by atoms with Gasteiger partial charge in [0.15, 0.2) is 11.2 Å². The monoisotopic (exact) mass is 515 g/mol. The van der Waals surface area contributed by atoms with Crippen molar-refractivity contribution in [2.45, 2.75) is 45.8 Å². The maximum Gasteiger partial charge on any atom is 0.332 e. The van der Waals surface area contributed by atoms with E-state index in [1.165, 1.54) is 9.58 Å². The van der Waals surface area contributed by atoms with Gasteiger partial charge in [-0.25, -0.2) is 14.8 Å². The van der Waals surface area contributed by atoms with Crippen molar-refractivity contribution in [3.63, 3.8) is 0 Å². The van der Waals surface area contributed by atoms with E-state index in [0.29, 0.717) is 24.9 Å². The van der Waals surface area contributed by atoms with Gasteiger partial charge < -0.3 is 4.90 Å². The van der Waals surface area contributed by atoms with Gasteiger partial charge in [0.2, 0.25) is 5.95 Å². The van der Waals surface area contributed by atoms with E-state index in [-0.39, 0.29) is 30.3 Å². The minimum atomic E-state index is -0.504. The molecule has 5 rings (SSSR count). The highest BCUT2D eigenvalue weighted by molar-refractivity contribution is 5.80. The first-order valence-corrected chi connectivity index (χ1v) is 12.5. The summed E-state index contributed by atoms with van der Waals surface area (Å²) in [6, 6.07) is 7.54. The fourth-order valence-corrected chi connectivity index (χ4v) is 5.06. The van der Waals surface area contributed by atoms with Gasteiger partial charge in [0.05, 0.1) is 29.9 Å². The van der Waals surface area contributed by atoms with Crippen molar-refractivity contribution < 1.29 is 0 Å². The van der Waals surface area contributed by atoms with E-state index < -0.39 is 11.2 Å². The van der Waals surface area contributed by atoms with Gasteiger partial charge in [-0.05, 0) is 32.8 Å². The van der Waals surface area contributed by atoms with E-state index in [2.05, 4.69) is 27.1 Å². The summed E-state index contributed by atoms with van der Waals surface area (Å²) in [5.41, 5.74) is 1.11. The van der Waals surface area contributed by atoms with Gasteiger partial charge in [0.25, 0.3) is 5.56 Å². The Morgan fingerprint density at radius 2 is 1.95 bits per heavy atom. The number of rotatable bonds is 6. The first-order chi connectivity index (χ1) is 18.3. The van der Waals surface area contributed by atoms with Crippen LogP contribution in [0.15, 0.2) is 39.1 Å². The molecule has 0 radical (unpaired) electrons. The summed E-state index contributed by atoms with van der Waals surface area (Å²) in [5.74, 6) is 6.83. The number of anilines is 1. The highest BCUT2D eigenvalue weighted by Crippen LogP contribution is 2.25. The molecule has 1 aliphatic rings. The Morgan fingerprint density at radius 1 is 1.16 bits per heavy atom. The summed E-state index contributed by atoms with van der Waals surface area (Å²) in [4.78, 5) is 54.3. The van der Waals surface area contributed by atoms with Crippen LogP contribution in [-0.4, -0.2) is 59.8 Å². The Balaban J connectivity index is 1.65. The highest BCUT2D eigenvalue weighted by atomic mass is 16.3. The van der Waals surface area contributed by atoms with Gasteiger partial charge in [0.1, 0.15) is 5.82 Å². The molecule has 1 saturated heterocycles. The fourth-order valence-electron chi connectivity index (χ4n) is 5.06. The number of fused-ring (bicyclic) bond motifs is 2. The van der Waals surface area contributed by atoms with E-state index in [1.807, 2.05) is 36.1 Å². The number of piperidine rings is 1. The van der Waals surface area contributed by atoms with E-state index in [9.17, 15) is 14.5 Å². The van der Waals surface area contributed by atoms with Crippen LogP contribution in [0.2, 0.25) is 0 Å². The molecular formula is C26H29N9O3. The Hall–Kier alpha value is -4.53. The standard InChI is InChI=1S/C26H29N9O3/c1-5-6-14-34-22-23(29-25(34)33-13-9-10-18(15-33)32(4)30-38)31(3)26(37)35(24(22)36)16-21-27-17(2)19-11-7-8-12-20(19)28-21/h7-8,11-12,18H,9-10,13-16H2,1-4H3/t18-/m1/s1. The fraction of sp³-hybridized carbons (Fsp3) is 0.423. The quantitative estimate of drug-likeness (QED) is 0.216. The highest BCUT2D eigenvalue weighted by Gasteiger charge is 2.29. The smallest absolute Gasteiger partial charge is 0.332 e. The zero-order chi connectivity index (χ0) is 27.0. The summed E-state index contributed by atoms with van der Waals surface area (Å²) in [5, 5.41) is 5.40. The average Bonchev–Trinajstić information content (AvgIpc) is 3.32. The van der Waals surface area contributed by atoms with Crippen LogP contribution in [0.25, 0.3) is 22.1 Å². The van der Waals surface area contributed by atoms with Crippen LogP contribution in [0.5, 0.6) is 0 Å². The lowest BCUT2D eigenvalue weighted by molar-refractivity contribution is 0.220. The maximum absolute atomic E-state index is 13.9. The van der Waals surface area contributed by atoms with E-state index in [4.69, 9.17) is 4.98 Å². The second-order valence-corrected chi connectivity index (χ2v) is 9.47. The van der Waals surface area contributed by atoms with E-state index in [0.717, 1.165) is 34.0 Å². The molecule has 12 nitrogen and oxygen atoms in total. The lowest BCUT2D eigenvalue weighted by Gasteiger charge is -2.35. The number of hydrogen-bond donors (Lipinski definition) is 0. The summed E-state index contributed by atoms with van der Waals surface area (Å²) in [7, 11) is 3.26. The Morgan fingerprint density at radius 3 is 2.71 bits per heavy atom. The molecule has 1 fully saturated rings. The molecule has 0 bridgehead atoms. The number of benzene rings is 1. The number of para-hydroxylation sites is 1. The molecule has 0 aliphatic carbocycles. The molecule has 1 aromatic carbocycles. The summed E-state index contributed by atoms with van der Waals surface area (Å²) in [6.07, 6.45) is 1.65. The predicted octanol–water partition coefficient (Wildman–Crippen LogP) is 1.80. The number of nitrogens with zero attached hydrogens (tertiary/aromatic N) is 9. The molecule has 196 valence electrons. The first-order valence-electron chi connectivity index (χ1n) is 12.5. The minimum absolute atomic E-state index is 0.0747. The summed E-state index contributed by atoms with van der Waals surface area (Å²) < 4.78 is 4.29. The second-order valence-electron chi connectivity index (χ2n) is 9.47. The molecule has 4 aromatic rings. The van der Waals surface area contributed by atoms with Gasteiger partial charge in [-0.3, -0.25) is 23.5 Å². The molecule has 0 N–H and O–H groups in total. The van der Waals surface area contributed by atoms with Crippen LogP contribution in [0.4, 0.5) is 5.95 Å². The van der Waals surface area contributed by atoms with Crippen LogP contribution < -0.4 is 16.1 Å². The summed E-state index contributed by atoms with van der Waals surface area (Å²) >= 11 is 0. The SMILES string of the molecule is CC#CCn1c(N2CCC[C@@H](N(C)N=O)C2)nc2c1c(=O)n(Cc1nc(C)c3ccccc3n1)c(=O)n2C. The minimum Gasteiger partial charge on any atom is -0.340 e. The average molecular weight is 516 g/mol. The van der Waals surface area contributed by atoms with Crippen LogP contribution in [-0.2, 0) is 20.1 Å². The normalized spacial score (nSPS) is 15.5. The van der Waals surface area contributed by atoms with Crippen LogP contribution >= 0.6 is 0 Å². The summed E-state index contributed by atoms with van der Waals surface area (Å²) in [6.45, 7) is 4.97. The van der Waals surface area contributed by atoms with Gasteiger partial charge in [-0.15, -0.1) is 10.8 Å². The van der Waals surface area contributed by atoms with E-state index >= 15 is 0 Å². The van der Waals surface area contributed by atoms with Crippen molar-refractivity contribution in [2.75, 3.05) is 25.0 Å². The van der Waals surface area contributed by atoms with Crippen LogP contribution in [0.3, 0.4) is 0 Å². The predicted molar refractivity (Wildman–Crippen MR) is 145 cm³/mol. The van der Waals surface area contributed by atoms with E-state index in [1.54, 1.807) is 25.6 Å². The second kappa shape index (κ2) is 10.1. The molecule has 0 spiro atoms. The third-order valence-corrected chi connectivity index (χ3v) is 7.10. The van der Waals surface area contributed by atoms with Crippen LogP contribution in [0.1, 0.15) is 31.3 Å². The van der Waals surface area contributed by atoms with Gasteiger partial charge in [-0.2, -0.15) is 4.98 Å². The molecule has 0 amide bonds. The Labute approximate surface area is 218 Å².